The second-order valence-corrected chi connectivity index (χ2v) is 3.50. The van der Waals surface area contributed by atoms with Gasteiger partial charge in [-0.25, -0.2) is 4.79 Å². The van der Waals surface area contributed by atoms with E-state index in [-0.39, 0.29) is 5.70 Å². The normalized spacial score (nSPS) is 9.93. The van der Waals surface area contributed by atoms with Crippen LogP contribution in [0.3, 0.4) is 0 Å². The van der Waals surface area contributed by atoms with Crippen LogP contribution in [0.2, 0.25) is 0 Å². The molecule has 0 rings (SSSR count). The molecular weight excluding hydrogens is 194 g/mol. The van der Waals surface area contributed by atoms with Crippen molar-refractivity contribution in [1.29, 1.82) is 0 Å². The van der Waals surface area contributed by atoms with Crippen molar-refractivity contribution in [2.45, 2.75) is 45.4 Å². The molecule has 0 amide bonds. The van der Waals surface area contributed by atoms with Gasteiger partial charge in [0.05, 0.1) is 6.61 Å². The summed E-state index contributed by atoms with van der Waals surface area (Å²) in [5, 5.41) is 8.44. The van der Waals surface area contributed by atoms with Crippen molar-refractivity contribution in [1.82, 2.24) is 5.48 Å². The highest BCUT2D eigenvalue weighted by molar-refractivity contribution is 5.84. The van der Waals surface area contributed by atoms with Gasteiger partial charge in [0.15, 0.2) is 0 Å². The van der Waals surface area contributed by atoms with E-state index >= 15 is 0 Å². The van der Waals surface area contributed by atoms with Gasteiger partial charge in [0.25, 0.3) is 0 Å². The maximum absolute atomic E-state index is 10.3. The van der Waals surface area contributed by atoms with E-state index in [1.165, 1.54) is 25.7 Å². The third-order valence-electron chi connectivity index (χ3n) is 2.05. The zero-order valence-electron chi connectivity index (χ0n) is 9.42. The van der Waals surface area contributed by atoms with Crippen molar-refractivity contribution < 1.29 is 14.7 Å². The van der Waals surface area contributed by atoms with E-state index in [1.807, 2.05) is 0 Å². The first kappa shape index (κ1) is 14.0. The van der Waals surface area contributed by atoms with E-state index in [2.05, 4.69) is 19.0 Å². The average molecular weight is 215 g/mol. The van der Waals surface area contributed by atoms with Crippen LogP contribution < -0.4 is 5.48 Å². The molecule has 88 valence electrons. The van der Waals surface area contributed by atoms with E-state index in [9.17, 15) is 4.79 Å². The zero-order chi connectivity index (χ0) is 11.5. The summed E-state index contributed by atoms with van der Waals surface area (Å²) in [5.74, 6) is -1.09. The second kappa shape index (κ2) is 9.52. The summed E-state index contributed by atoms with van der Waals surface area (Å²) in [6.45, 7) is 5.99. The minimum absolute atomic E-state index is 0.124. The Morgan fingerprint density at radius 1 is 1.27 bits per heavy atom. The monoisotopic (exact) mass is 215 g/mol. The molecule has 4 heteroatoms. The number of nitrogens with one attached hydrogen (secondary N) is 1. The van der Waals surface area contributed by atoms with Crippen LogP contribution in [0, 0.1) is 0 Å². The fourth-order valence-corrected chi connectivity index (χ4v) is 1.14. The van der Waals surface area contributed by atoms with Crippen molar-refractivity contribution in [3.63, 3.8) is 0 Å². The third-order valence-corrected chi connectivity index (χ3v) is 2.05. The predicted molar refractivity (Wildman–Crippen MR) is 59.2 cm³/mol. The van der Waals surface area contributed by atoms with Gasteiger partial charge >= 0.3 is 5.97 Å². The Labute approximate surface area is 91.3 Å². The summed E-state index contributed by atoms with van der Waals surface area (Å²) >= 11 is 0. The highest BCUT2D eigenvalue weighted by Crippen LogP contribution is 2.04. The molecule has 0 heterocycles. The van der Waals surface area contributed by atoms with Gasteiger partial charge in [-0.05, 0) is 6.42 Å². The van der Waals surface area contributed by atoms with Crippen molar-refractivity contribution >= 4 is 5.97 Å². The first-order valence-corrected chi connectivity index (χ1v) is 5.48. The molecule has 0 radical (unpaired) electrons. The number of unbranched alkanes of at least 4 members (excludes halogenated alkanes) is 5. The lowest BCUT2D eigenvalue weighted by molar-refractivity contribution is -0.134. The quantitative estimate of drug-likeness (QED) is 0.334. The SMILES string of the molecule is C=C(NOCCCCCCCC)C(=O)O. The summed E-state index contributed by atoms with van der Waals surface area (Å²) < 4.78 is 0. The molecule has 0 atom stereocenters. The third kappa shape index (κ3) is 9.28. The van der Waals surface area contributed by atoms with Gasteiger partial charge in [-0.15, -0.1) is 0 Å². The van der Waals surface area contributed by atoms with Crippen LogP contribution in [-0.2, 0) is 9.63 Å². The van der Waals surface area contributed by atoms with Crippen LogP contribution in [0.4, 0.5) is 0 Å². The van der Waals surface area contributed by atoms with E-state index in [0.29, 0.717) is 6.61 Å². The number of carboxylic acids is 1. The van der Waals surface area contributed by atoms with Gasteiger partial charge in [0.2, 0.25) is 0 Å². The first-order chi connectivity index (χ1) is 7.18. The van der Waals surface area contributed by atoms with Crippen LogP contribution in [-0.4, -0.2) is 17.7 Å². The standard InChI is InChI=1S/C11H21NO3/c1-3-4-5-6-7-8-9-15-12-10(2)11(13)14/h12H,2-9H2,1H3,(H,13,14). The van der Waals surface area contributed by atoms with E-state index < -0.39 is 5.97 Å². The molecule has 0 fully saturated rings. The number of hydrogen-bond acceptors (Lipinski definition) is 3. The molecule has 0 saturated heterocycles. The van der Waals surface area contributed by atoms with Gasteiger partial charge in [0.1, 0.15) is 5.70 Å². The average Bonchev–Trinajstić information content (AvgIpc) is 2.21. The van der Waals surface area contributed by atoms with E-state index in [1.54, 1.807) is 0 Å². The number of carbonyl (C=O) groups is 1. The Morgan fingerprint density at radius 2 is 1.87 bits per heavy atom. The van der Waals surface area contributed by atoms with Crippen molar-refractivity contribution in [3.05, 3.63) is 12.3 Å². The van der Waals surface area contributed by atoms with Gasteiger partial charge in [-0.3, -0.25) is 10.3 Å². The Balaban J connectivity index is 3.11. The van der Waals surface area contributed by atoms with Crippen LogP contribution in [0.5, 0.6) is 0 Å². The van der Waals surface area contributed by atoms with Gasteiger partial charge in [-0.1, -0.05) is 45.6 Å². The summed E-state index contributed by atoms with van der Waals surface area (Å²) in [7, 11) is 0. The lowest BCUT2D eigenvalue weighted by atomic mass is 10.1. The fourth-order valence-electron chi connectivity index (χ4n) is 1.14. The Kier molecular flexibility index (Phi) is 8.87. The molecular formula is C11H21NO3. The molecule has 0 aliphatic carbocycles. The number of rotatable bonds is 10. The highest BCUT2D eigenvalue weighted by atomic mass is 16.6. The minimum Gasteiger partial charge on any atom is -0.477 e. The zero-order valence-corrected chi connectivity index (χ0v) is 9.42. The molecule has 0 aromatic rings. The number of hydrogen-bond donors (Lipinski definition) is 2. The minimum atomic E-state index is -1.09. The second-order valence-electron chi connectivity index (χ2n) is 3.50. The van der Waals surface area contributed by atoms with Crippen LogP contribution >= 0.6 is 0 Å². The maximum atomic E-state index is 10.3. The van der Waals surface area contributed by atoms with Gasteiger partial charge < -0.3 is 5.11 Å². The van der Waals surface area contributed by atoms with Crippen molar-refractivity contribution in [2.24, 2.45) is 0 Å². The molecule has 0 spiro atoms. The largest absolute Gasteiger partial charge is 0.477 e. The Hall–Kier alpha value is -1.03. The molecule has 2 N–H and O–H groups in total. The molecule has 0 aliphatic heterocycles. The maximum Gasteiger partial charge on any atom is 0.353 e. The summed E-state index contributed by atoms with van der Waals surface area (Å²) in [4.78, 5) is 15.2. The van der Waals surface area contributed by atoms with Crippen molar-refractivity contribution in [3.8, 4) is 0 Å². The van der Waals surface area contributed by atoms with Crippen LogP contribution in [0.1, 0.15) is 45.4 Å². The molecule has 0 aromatic heterocycles. The van der Waals surface area contributed by atoms with Gasteiger partial charge in [0, 0.05) is 0 Å². The molecule has 0 aliphatic rings. The Morgan fingerprint density at radius 3 is 2.47 bits per heavy atom. The number of carboxylic acid groups (broad SMARTS) is 1. The van der Waals surface area contributed by atoms with E-state index in [0.717, 1.165) is 12.8 Å². The first-order valence-electron chi connectivity index (χ1n) is 5.48. The smallest absolute Gasteiger partial charge is 0.353 e. The topological polar surface area (TPSA) is 58.6 Å². The lowest BCUT2D eigenvalue weighted by Gasteiger charge is -2.05. The molecule has 0 aromatic carbocycles. The molecule has 4 nitrogen and oxygen atoms in total. The van der Waals surface area contributed by atoms with Crippen molar-refractivity contribution in [2.75, 3.05) is 6.61 Å². The fraction of sp³-hybridized carbons (Fsp3) is 0.727. The number of aliphatic carboxylic acids is 1. The molecule has 0 unspecified atom stereocenters. The number of hydroxylamine groups is 1. The van der Waals surface area contributed by atoms with Crippen LogP contribution in [0.15, 0.2) is 12.3 Å². The summed E-state index contributed by atoms with van der Waals surface area (Å²) in [6, 6.07) is 0. The summed E-state index contributed by atoms with van der Waals surface area (Å²) in [6.07, 6.45) is 7.10. The Bertz CT molecular complexity index is 192. The molecule has 0 saturated carbocycles. The predicted octanol–water partition coefficient (Wildman–Crippen LogP) is 2.47. The van der Waals surface area contributed by atoms with Gasteiger partial charge in [-0.2, -0.15) is 0 Å². The van der Waals surface area contributed by atoms with Crippen LogP contribution in [0.25, 0.3) is 0 Å². The summed E-state index contributed by atoms with van der Waals surface area (Å²) in [5.41, 5.74) is 2.17. The molecule has 0 bridgehead atoms. The highest BCUT2D eigenvalue weighted by Gasteiger charge is 2.01. The lowest BCUT2D eigenvalue weighted by Crippen LogP contribution is -2.20. The van der Waals surface area contributed by atoms with E-state index in [4.69, 9.17) is 9.94 Å². The molecule has 15 heavy (non-hydrogen) atoms.